The molecule has 1 aromatic heterocycles. The molecule has 2 rings (SSSR count). The van der Waals surface area contributed by atoms with Crippen molar-refractivity contribution in [2.24, 2.45) is 0 Å². The molecule has 1 aliphatic heterocycles. The third-order valence-corrected chi connectivity index (χ3v) is 3.34. The van der Waals surface area contributed by atoms with Crippen LogP contribution in [0.5, 0.6) is 0 Å². The largest absolute Gasteiger partial charge is 0.452 e. The number of amides is 1. The fraction of sp³-hybridized carbons (Fsp3) is 0.643. The van der Waals surface area contributed by atoms with E-state index >= 15 is 0 Å². The normalized spacial score (nSPS) is 22.2. The van der Waals surface area contributed by atoms with Crippen LogP contribution < -0.4 is 0 Å². The number of carbonyl (C=O) groups excluding carboxylic acids is 2. The van der Waals surface area contributed by atoms with Gasteiger partial charge in [-0.3, -0.25) is 4.79 Å². The van der Waals surface area contributed by atoms with Crippen LogP contribution in [-0.4, -0.2) is 53.8 Å². The number of aromatic nitrogens is 1. The van der Waals surface area contributed by atoms with Crippen LogP contribution in [0.3, 0.4) is 0 Å². The molecule has 7 heteroatoms. The van der Waals surface area contributed by atoms with Crippen molar-refractivity contribution in [3.63, 3.8) is 0 Å². The van der Waals surface area contributed by atoms with Gasteiger partial charge < -0.3 is 18.9 Å². The van der Waals surface area contributed by atoms with E-state index in [2.05, 4.69) is 5.16 Å². The average Bonchev–Trinajstić information content (AvgIpc) is 2.74. The lowest BCUT2D eigenvalue weighted by molar-refractivity contribution is -0.146. The van der Waals surface area contributed by atoms with Crippen molar-refractivity contribution in [2.45, 2.75) is 39.9 Å². The molecule has 0 aromatic carbocycles. The Labute approximate surface area is 123 Å². The zero-order chi connectivity index (χ0) is 15.6. The topological polar surface area (TPSA) is 81.9 Å². The van der Waals surface area contributed by atoms with Crippen molar-refractivity contribution in [1.29, 1.82) is 0 Å². The van der Waals surface area contributed by atoms with Crippen molar-refractivity contribution in [3.05, 3.63) is 17.0 Å². The molecule has 0 saturated carbocycles. The van der Waals surface area contributed by atoms with E-state index in [1.807, 2.05) is 13.8 Å². The molecule has 0 radical (unpaired) electrons. The molecule has 2 atom stereocenters. The zero-order valence-electron chi connectivity index (χ0n) is 12.7. The number of hydrogen-bond donors (Lipinski definition) is 0. The summed E-state index contributed by atoms with van der Waals surface area (Å²) in [6.07, 6.45) is -0.0353. The smallest absolute Gasteiger partial charge is 0.344 e. The summed E-state index contributed by atoms with van der Waals surface area (Å²) in [6.45, 7) is 7.82. The molecule has 116 valence electrons. The third kappa shape index (κ3) is 3.60. The van der Waals surface area contributed by atoms with Gasteiger partial charge in [0.1, 0.15) is 11.3 Å². The van der Waals surface area contributed by atoms with Gasteiger partial charge in [0.2, 0.25) is 0 Å². The van der Waals surface area contributed by atoms with Crippen LogP contribution in [-0.2, 0) is 14.3 Å². The number of aryl methyl sites for hydroxylation is 2. The van der Waals surface area contributed by atoms with Gasteiger partial charge in [0.15, 0.2) is 6.61 Å². The highest BCUT2D eigenvalue weighted by Gasteiger charge is 2.27. The van der Waals surface area contributed by atoms with Gasteiger partial charge in [-0.2, -0.15) is 0 Å². The molecule has 0 spiro atoms. The van der Waals surface area contributed by atoms with E-state index in [1.165, 1.54) is 0 Å². The van der Waals surface area contributed by atoms with Crippen LogP contribution in [0, 0.1) is 13.8 Å². The molecule has 21 heavy (non-hydrogen) atoms. The van der Waals surface area contributed by atoms with E-state index in [0.29, 0.717) is 24.5 Å². The summed E-state index contributed by atoms with van der Waals surface area (Å²) < 4.78 is 15.5. The van der Waals surface area contributed by atoms with Gasteiger partial charge >= 0.3 is 5.97 Å². The first-order valence-electron chi connectivity index (χ1n) is 6.91. The standard InChI is InChI=1S/C14H20N2O5/c1-8-5-16(6-9(2)20-8)12(17)7-19-14(18)13-10(3)15-21-11(13)4/h8-9H,5-7H2,1-4H3/t8-,9-/m0/s1. The number of nitrogens with zero attached hydrogens (tertiary/aromatic N) is 2. The number of hydrogen-bond acceptors (Lipinski definition) is 6. The highest BCUT2D eigenvalue weighted by molar-refractivity contribution is 5.93. The van der Waals surface area contributed by atoms with Crippen LogP contribution in [0.15, 0.2) is 4.52 Å². The minimum atomic E-state index is -0.589. The minimum Gasteiger partial charge on any atom is -0.452 e. The highest BCUT2D eigenvalue weighted by Crippen LogP contribution is 2.14. The Morgan fingerprint density at radius 1 is 1.29 bits per heavy atom. The van der Waals surface area contributed by atoms with Gasteiger partial charge in [-0.15, -0.1) is 0 Å². The van der Waals surface area contributed by atoms with Crippen molar-refractivity contribution < 1.29 is 23.6 Å². The van der Waals surface area contributed by atoms with Crippen LogP contribution in [0.1, 0.15) is 35.7 Å². The monoisotopic (exact) mass is 296 g/mol. The lowest BCUT2D eigenvalue weighted by Gasteiger charge is -2.35. The molecule has 0 unspecified atom stereocenters. The number of carbonyl (C=O) groups is 2. The second-order valence-electron chi connectivity index (χ2n) is 5.33. The first-order valence-corrected chi connectivity index (χ1v) is 6.91. The van der Waals surface area contributed by atoms with Crippen molar-refractivity contribution in [2.75, 3.05) is 19.7 Å². The molecule has 0 bridgehead atoms. The predicted octanol–water partition coefficient (Wildman–Crippen LogP) is 1.08. The Morgan fingerprint density at radius 2 is 1.90 bits per heavy atom. The first kappa shape index (κ1) is 15.5. The predicted molar refractivity (Wildman–Crippen MR) is 72.8 cm³/mol. The summed E-state index contributed by atoms with van der Waals surface area (Å²) >= 11 is 0. The van der Waals surface area contributed by atoms with Crippen LogP contribution in [0.4, 0.5) is 0 Å². The van der Waals surface area contributed by atoms with E-state index in [9.17, 15) is 9.59 Å². The Morgan fingerprint density at radius 3 is 2.43 bits per heavy atom. The quantitative estimate of drug-likeness (QED) is 0.776. The van der Waals surface area contributed by atoms with E-state index in [4.69, 9.17) is 14.0 Å². The van der Waals surface area contributed by atoms with Crippen LogP contribution in [0.25, 0.3) is 0 Å². The summed E-state index contributed by atoms with van der Waals surface area (Å²) in [6, 6.07) is 0. The second-order valence-corrected chi connectivity index (χ2v) is 5.33. The fourth-order valence-corrected chi connectivity index (χ4v) is 2.45. The number of rotatable bonds is 3. The van der Waals surface area contributed by atoms with Gasteiger partial charge in [0.05, 0.1) is 17.9 Å². The molecule has 1 aliphatic rings. The van der Waals surface area contributed by atoms with Crippen molar-refractivity contribution in [1.82, 2.24) is 10.1 Å². The Bertz CT molecular complexity index is 510. The highest BCUT2D eigenvalue weighted by atomic mass is 16.5. The molecule has 1 aromatic rings. The van der Waals surface area contributed by atoms with E-state index < -0.39 is 5.97 Å². The molecule has 2 heterocycles. The summed E-state index contributed by atoms with van der Waals surface area (Å²) in [4.78, 5) is 25.7. The maximum Gasteiger partial charge on any atom is 0.344 e. The molecular weight excluding hydrogens is 276 g/mol. The van der Waals surface area contributed by atoms with Gasteiger partial charge in [0.25, 0.3) is 5.91 Å². The Kier molecular flexibility index (Phi) is 4.62. The summed E-state index contributed by atoms with van der Waals surface area (Å²) in [7, 11) is 0. The van der Waals surface area contributed by atoms with Crippen molar-refractivity contribution >= 4 is 11.9 Å². The SMILES string of the molecule is Cc1noc(C)c1C(=O)OCC(=O)N1C[C@H](C)O[C@@H](C)C1. The van der Waals surface area contributed by atoms with Crippen LogP contribution >= 0.6 is 0 Å². The van der Waals surface area contributed by atoms with Gasteiger partial charge in [0, 0.05) is 13.1 Å². The molecule has 1 saturated heterocycles. The molecule has 0 N–H and O–H groups in total. The number of morpholine rings is 1. The summed E-state index contributed by atoms with van der Waals surface area (Å²) in [5.41, 5.74) is 0.741. The molecule has 0 aliphatic carbocycles. The molecular formula is C14H20N2O5. The lowest BCUT2D eigenvalue weighted by atomic mass is 10.2. The second kappa shape index (κ2) is 6.26. The van der Waals surface area contributed by atoms with Crippen molar-refractivity contribution in [3.8, 4) is 0 Å². The maximum absolute atomic E-state index is 12.1. The molecule has 1 fully saturated rings. The summed E-state index contributed by atoms with van der Waals surface area (Å²) in [5.74, 6) is -0.426. The third-order valence-electron chi connectivity index (χ3n) is 3.34. The Hall–Kier alpha value is -1.89. The molecule has 1 amide bonds. The first-order chi connectivity index (χ1) is 9.88. The average molecular weight is 296 g/mol. The lowest BCUT2D eigenvalue weighted by Crippen LogP contribution is -2.49. The zero-order valence-corrected chi connectivity index (χ0v) is 12.7. The van der Waals surface area contributed by atoms with Gasteiger partial charge in [-0.25, -0.2) is 4.79 Å². The number of esters is 1. The van der Waals surface area contributed by atoms with Gasteiger partial charge in [-0.1, -0.05) is 5.16 Å². The van der Waals surface area contributed by atoms with Gasteiger partial charge in [-0.05, 0) is 27.7 Å². The minimum absolute atomic E-state index is 0.0176. The summed E-state index contributed by atoms with van der Waals surface area (Å²) in [5, 5.41) is 3.69. The Balaban J connectivity index is 1.91. The number of ether oxygens (including phenoxy) is 2. The molecule has 7 nitrogen and oxygen atoms in total. The maximum atomic E-state index is 12.1. The van der Waals surface area contributed by atoms with Crippen LogP contribution in [0.2, 0.25) is 0 Å². The van der Waals surface area contributed by atoms with E-state index in [-0.39, 0.29) is 30.3 Å². The van der Waals surface area contributed by atoms with E-state index in [1.54, 1.807) is 18.7 Å². The fourth-order valence-electron chi connectivity index (χ4n) is 2.45. The van der Waals surface area contributed by atoms with E-state index in [0.717, 1.165) is 0 Å².